The molecule has 0 radical (unpaired) electrons. The molecule has 0 aromatic heterocycles. The minimum absolute atomic E-state index is 0.568. The van der Waals surface area contributed by atoms with Gasteiger partial charge in [0.15, 0.2) is 0 Å². The number of thioether (sulfide) groups is 1. The first-order chi connectivity index (χ1) is 10.1. The number of aryl methyl sites for hydroxylation is 2. The normalized spacial score (nSPS) is 10.7. The Morgan fingerprint density at radius 2 is 1.67 bits per heavy atom. The summed E-state index contributed by atoms with van der Waals surface area (Å²) in [6.07, 6.45) is 0. The summed E-state index contributed by atoms with van der Waals surface area (Å²) in [6.45, 7) is 4.86. The van der Waals surface area contributed by atoms with Crippen molar-refractivity contribution >= 4 is 11.8 Å². The Labute approximate surface area is 131 Å². The average Bonchev–Trinajstić information content (AvgIpc) is 2.46. The highest BCUT2D eigenvalue weighted by atomic mass is 32.2. The molecule has 2 aromatic rings. The molecule has 2 nitrogen and oxygen atoms in total. The van der Waals surface area contributed by atoms with E-state index < -0.39 is 0 Å². The Balaban J connectivity index is 2.02. The Morgan fingerprint density at radius 3 is 2.29 bits per heavy atom. The van der Waals surface area contributed by atoms with Crippen molar-refractivity contribution in [1.29, 1.82) is 0 Å². The summed E-state index contributed by atoms with van der Waals surface area (Å²) in [5.74, 6) is 2.89. The zero-order valence-corrected chi connectivity index (χ0v) is 13.8. The summed E-state index contributed by atoms with van der Waals surface area (Å²) in [7, 11) is 1.72. The monoisotopic (exact) mass is 301 g/mol. The molecule has 0 fully saturated rings. The smallest absolute Gasteiger partial charge is 0.122 e. The van der Waals surface area contributed by atoms with Crippen LogP contribution in [0.25, 0.3) is 0 Å². The van der Waals surface area contributed by atoms with Crippen LogP contribution in [0.3, 0.4) is 0 Å². The minimum Gasteiger partial charge on any atom is -0.496 e. The van der Waals surface area contributed by atoms with Crippen LogP contribution in [0.5, 0.6) is 5.75 Å². The summed E-state index contributed by atoms with van der Waals surface area (Å²) >= 11 is 1.90. The predicted octanol–water partition coefficient (Wildman–Crippen LogP) is 4.20. The van der Waals surface area contributed by atoms with Crippen LogP contribution < -0.4 is 10.5 Å². The first-order valence-corrected chi connectivity index (χ1v) is 8.28. The number of rotatable bonds is 6. The highest BCUT2D eigenvalue weighted by molar-refractivity contribution is 7.97. The second-order valence-electron chi connectivity index (χ2n) is 5.34. The lowest BCUT2D eigenvalue weighted by Gasteiger charge is -2.10. The summed E-state index contributed by atoms with van der Waals surface area (Å²) < 4.78 is 5.43. The Bertz CT molecular complexity index is 590. The van der Waals surface area contributed by atoms with Crippen molar-refractivity contribution in [3.8, 4) is 5.75 Å². The number of benzene rings is 2. The first kappa shape index (κ1) is 15.9. The zero-order valence-electron chi connectivity index (χ0n) is 13.0. The molecule has 0 saturated heterocycles. The highest BCUT2D eigenvalue weighted by Gasteiger charge is 2.05. The van der Waals surface area contributed by atoms with E-state index in [-0.39, 0.29) is 0 Å². The Morgan fingerprint density at radius 1 is 0.952 bits per heavy atom. The SMILES string of the molecule is COc1ccc(CN)cc1CSCc1cc(C)cc(C)c1. The predicted molar refractivity (Wildman–Crippen MR) is 91.8 cm³/mol. The summed E-state index contributed by atoms with van der Waals surface area (Å²) in [6, 6.07) is 12.9. The van der Waals surface area contributed by atoms with Gasteiger partial charge < -0.3 is 10.5 Å². The third kappa shape index (κ3) is 4.51. The lowest BCUT2D eigenvalue weighted by molar-refractivity contribution is 0.411. The molecule has 2 rings (SSSR count). The molecule has 2 aromatic carbocycles. The molecule has 0 unspecified atom stereocenters. The molecule has 0 saturated carbocycles. The van der Waals surface area contributed by atoms with Crippen molar-refractivity contribution < 1.29 is 4.74 Å². The molecule has 2 N–H and O–H groups in total. The van der Waals surface area contributed by atoms with Crippen LogP contribution in [0.1, 0.15) is 27.8 Å². The van der Waals surface area contributed by atoms with Gasteiger partial charge in [0, 0.05) is 23.6 Å². The van der Waals surface area contributed by atoms with Crippen molar-refractivity contribution in [3.05, 3.63) is 64.2 Å². The van der Waals surface area contributed by atoms with Crippen LogP contribution in [0, 0.1) is 13.8 Å². The molecule has 0 atom stereocenters. The maximum atomic E-state index is 5.72. The Hall–Kier alpha value is -1.45. The van der Waals surface area contributed by atoms with Gasteiger partial charge in [0.1, 0.15) is 5.75 Å². The van der Waals surface area contributed by atoms with E-state index in [1.165, 1.54) is 22.3 Å². The maximum absolute atomic E-state index is 5.72. The van der Waals surface area contributed by atoms with Gasteiger partial charge in [-0.05, 0) is 37.1 Å². The second-order valence-corrected chi connectivity index (χ2v) is 6.32. The average molecular weight is 301 g/mol. The van der Waals surface area contributed by atoms with Crippen molar-refractivity contribution in [2.45, 2.75) is 31.9 Å². The number of methoxy groups -OCH3 is 1. The third-order valence-electron chi connectivity index (χ3n) is 3.39. The van der Waals surface area contributed by atoms with Crippen LogP contribution in [0.4, 0.5) is 0 Å². The molecule has 0 amide bonds. The van der Waals surface area contributed by atoms with E-state index in [9.17, 15) is 0 Å². The molecule has 0 aliphatic rings. The van der Waals surface area contributed by atoms with Crippen molar-refractivity contribution in [3.63, 3.8) is 0 Å². The fourth-order valence-electron chi connectivity index (χ4n) is 2.50. The lowest BCUT2D eigenvalue weighted by atomic mass is 10.1. The fourth-order valence-corrected chi connectivity index (χ4v) is 3.45. The topological polar surface area (TPSA) is 35.2 Å². The molecular weight excluding hydrogens is 278 g/mol. The van der Waals surface area contributed by atoms with Gasteiger partial charge >= 0.3 is 0 Å². The third-order valence-corrected chi connectivity index (χ3v) is 4.44. The standard InChI is InChI=1S/C18H23NOS/c1-13-6-14(2)8-16(7-13)11-21-12-17-9-15(10-19)4-5-18(17)20-3/h4-9H,10-12,19H2,1-3H3. The summed E-state index contributed by atoms with van der Waals surface area (Å²) in [5, 5.41) is 0. The fraction of sp³-hybridized carbons (Fsp3) is 0.333. The van der Waals surface area contributed by atoms with Gasteiger partial charge in [0.25, 0.3) is 0 Å². The molecular formula is C18H23NOS. The van der Waals surface area contributed by atoms with Gasteiger partial charge in [0.05, 0.1) is 7.11 Å². The first-order valence-electron chi connectivity index (χ1n) is 7.13. The van der Waals surface area contributed by atoms with E-state index in [1.54, 1.807) is 7.11 Å². The largest absolute Gasteiger partial charge is 0.496 e. The molecule has 0 aliphatic heterocycles. The van der Waals surface area contributed by atoms with Gasteiger partial charge in [-0.15, -0.1) is 0 Å². The van der Waals surface area contributed by atoms with Crippen molar-refractivity contribution in [2.24, 2.45) is 5.73 Å². The van der Waals surface area contributed by atoms with E-state index in [4.69, 9.17) is 10.5 Å². The summed E-state index contributed by atoms with van der Waals surface area (Å²) in [5.41, 5.74) is 12.1. The zero-order chi connectivity index (χ0) is 15.2. The van der Waals surface area contributed by atoms with Crippen LogP contribution >= 0.6 is 11.8 Å². The number of ether oxygens (including phenoxy) is 1. The number of nitrogens with two attached hydrogens (primary N) is 1. The number of hydrogen-bond donors (Lipinski definition) is 1. The Kier molecular flexibility index (Phi) is 5.71. The van der Waals surface area contributed by atoms with Crippen LogP contribution in [-0.4, -0.2) is 7.11 Å². The van der Waals surface area contributed by atoms with Gasteiger partial charge in [-0.25, -0.2) is 0 Å². The molecule has 0 heterocycles. The van der Waals surface area contributed by atoms with Gasteiger partial charge in [0.2, 0.25) is 0 Å². The van der Waals surface area contributed by atoms with Crippen LogP contribution in [-0.2, 0) is 18.1 Å². The number of hydrogen-bond acceptors (Lipinski definition) is 3. The van der Waals surface area contributed by atoms with Gasteiger partial charge in [-0.3, -0.25) is 0 Å². The minimum atomic E-state index is 0.568. The molecule has 3 heteroatoms. The van der Waals surface area contributed by atoms with Gasteiger partial charge in [-0.2, -0.15) is 11.8 Å². The van der Waals surface area contributed by atoms with E-state index in [0.717, 1.165) is 22.8 Å². The lowest BCUT2D eigenvalue weighted by Crippen LogP contribution is -1.99. The van der Waals surface area contributed by atoms with E-state index >= 15 is 0 Å². The molecule has 0 aliphatic carbocycles. The van der Waals surface area contributed by atoms with E-state index in [2.05, 4.69) is 38.1 Å². The van der Waals surface area contributed by atoms with E-state index in [1.807, 2.05) is 23.9 Å². The van der Waals surface area contributed by atoms with Crippen LogP contribution in [0.2, 0.25) is 0 Å². The van der Waals surface area contributed by atoms with Crippen molar-refractivity contribution in [2.75, 3.05) is 7.11 Å². The molecule has 0 bridgehead atoms. The van der Waals surface area contributed by atoms with Crippen molar-refractivity contribution in [1.82, 2.24) is 0 Å². The van der Waals surface area contributed by atoms with Gasteiger partial charge in [-0.1, -0.05) is 35.4 Å². The molecule has 0 spiro atoms. The molecule has 21 heavy (non-hydrogen) atoms. The van der Waals surface area contributed by atoms with Crippen LogP contribution in [0.15, 0.2) is 36.4 Å². The van der Waals surface area contributed by atoms with E-state index in [0.29, 0.717) is 6.54 Å². The quantitative estimate of drug-likeness (QED) is 0.868. The maximum Gasteiger partial charge on any atom is 0.122 e. The molecule has 112 valence electrons. The summed E-state index contributed by atoms with van der Waals surface area (Å²) in [4.78, 5) is 0. The highest BCUT2D eigenvalue weighted by Crippen LogP contribution is 2.26. The second kappa shape index (κ2) is 7.53.